The number of thiophene rings is 1. The van der Waals surface area contributed by atoms with Gasteiger partial charge in [0.1, 0.15) is 17.0 Å². The van der Waals surface area contributed by atoms with Crippen LogP contribution in [0.15, 0.2) is 67.0 Å². The molecule has 9 heteroatoms. The van der Waals surface area contributed by atoms with Crippen molar-refractivity contribution in [1.29, 1.82) is 0 Å². The Kier molecular flexibility index (Phi) is 6.09. The molecule has 0 aliphatic heterocycles. The number of alkyl halides is 3. The van der Waals surface area contributed by atoms with E-state index in [0.29, 0.717) is 12.4 Å². The molecule has 4 aromatic rings. The van der Waals surface area contributed by atoms with Crippen molar-refractivity contribution >= 4 is 39.0 Å². The van der Waals surface area contributed by atoms with E-state index in [1.807, 2.05) is 48.3 Å². The maximum Gasteiger partial charge on any atom is 0.416 e. The molecular formula is C23H19F3N4OS. The lowest BCUT2D eigenvalue weighted by Gasteiger charge is -2.18. The Bertz CT molecular complexity index is 1240. The number of hydrogen-bond acceptors (Lipinski definition) is 5. The second-order valence-electron chi connectivity index (χ2n) is 7.19. The minimum absolute atomic E-state index is 0.0912. The van der Waals surface area contributed by atoms with Crippen LogP contribution in [0.25, 0.3) is 20.7 Å². The van der Waals surface area contributed by atoms with Crippen LogP contribution in [0, 0.1) is 0 Å². The fourth-order valence-electron chi connectivity index (χ4n) is 3.26. The van der Waals surface area contributed by atoms with Gasteiger partial charge in [-0.25, -0.2) is 9.97 Å². The number of carbonyl (C=O) groups is 1. The summed E-state index contributed by atoms with van der Waals surface area (Å²) in [6, 6.07) is 16.6. The molecule has 5 nitrogen and oxygen atoms in total. The number of aromatic nitrogens is 2. The van der Waals surface area contributed by atoms with Gasteiger partial charge in [-0.2, -0.15) is 13.2 Å². The highest BCUT2D eigenvalue weighted by atomic mass is 32.1. The zero-order valence-electron chi connectivity index (χ0n) is 17.1. The van der Waals surface area contributed by atoms with Gasteiger partial charge in [-0.05, 0) is 29.8 Å². The first-order valence-electron chi connectivity index (χ1n) is 9.79. The number of fused-ring (bicyclic) bond motifs is 1. The lowest BCUT2D eigenvalue weighted by atomic mass is 10.2. The van der Waals surface area contributed by atoms with Crippen LogP contribution in [0.4, 0.5) is 24.7 Å². The molecule has 4 rings (SSSR count). The van der Waals surface area contributed by atoms with E-state index in [9.17, 15) is 18.0 Å². The van der Waals surface area contributed by atoms with E-state index >= 15 is 0 Å². The SMILES string of the molecule is CN(CCC(=O)Nc1cccc(C(F)(F)F)c1)c1ncnc2sc(-c3ccccc3)cc12. The molecule has 0 bridgehead atoms. The van der Waals surface area contributed by atoms with Gasteiger partial charge in [-0.3, -0.25) is 4.79 Å². The Morgan fingerprint density at radius 2 is 1.84 bits per heavy atom. The number of amides is 1. The van der Waals surface area contributed by atoms with Crippen molar-refractivity contribution in [2.45, 2.75) is 12.6 Å². The molecule has 164 valence electrons. The summed E-state index contributed by atoms with van der Waals surface area (Å²) in [6.07, 6.45) is -2.88. The van der Waals surface area contributed by atoms with Crippen LogP contribution >= 0.6 is 11.3 Å². The average molecular weight is 456 g/mol. The van der Waals surface area contributed by atoms with Gasteiger partial charge < -0.3 is 10.2 Å². The second kappa shape index (κ2) is 8.96. The normalized spacial score (nSPS) is 11.5. The molecule has 2 aromatic carbocycles. The summed E-state index contributed by atoms with van der Waals surface area (Å²) in [5.41, 5.74) is 0.397. The maximum atomic E-state index is 12.9. The van der Waals surface area contributed by atoms with Gasteiger partial charge in [0.25, 0.3) is 0 Å². The highest BCUT2D eigenvalue weighted by molar-refractivity contribution is 7.21. The van der Waals surface area contributed by atoms with Crippen LogP contribution in [0.2, 0.25) is 0 Å². The van der Waals surface area contributed by atoms with Crippen LogP contribution in [0.5, 0.6) is 0 Å². The number of anilines is 2. The fourth-order valence-corrected chi connectivity index (χ4v) is 4.26. The quantitative estimate of drug-likeness (QED) is 0.396. The monoisotopic (exact) mass is 456 g/mol. The Labute approximate surface area is 186 Å². The predicted molar refractivity (Wildman–Crippen MR) is 121 cm³/mol. The molecule has 1 N–H and O–H groups in total. The van der Waals surface area contributed by atoms with Crippen molar-refractivity contribution < 1.29 is 18.0 Å². The van der Waals surface area contributed by atoms with Crippen LogP contribution in [-0.4, -0.2) is 29.5 Å². The zero-order chi connectivity index (χ0) is 22.7. The molecule has 1 amide bonds. The molecule has 0 saturated heterocycles. The summed E-state index contributed by atoms with van der Waals surface area (Å²) in [7, 11) is 1.82. The van der Waals surface area contributed by atoms with E-state index in [-0.39, 0.29) is 18.0 Å². The number of carbonyl (C=O) groups excluding carboxylic acids is 1. The van der Waals surface area contributed by atoms with Gasteiger partial charge >= 0.3 is 6.18 Å². The number of rotatable bonds is 6. The van der Waals surface area contributed by atoms with Crippen molar-refractivity contribution in [1.82, 2.24) is 9.97 Å². The van der Waals surface area contributed by atoms with E-state index in [4.69, 9.17) is 0 Å². The average Bonchev–Trinajstić information content (AvgIpc) is 3.22. The van der Waals surface area contributed by atoms with Crippen LogP contribution < -0.4 is 10.2 Å². The summed E-state index contributed by atoms with van der Waals surface area (Å²) in [6.45, 7) is 0.341. The van der Waals surface area contributed by atoms with Crippen molar-refractivity contribution in [3.05, 3.63) is 72.6 Å². The molecule has 0 atom stereocenters. The van der Waals surface area contributed by atoms with Gasteiger partial charge in [-0.15, -0.1) is 11.3 Å². The molecule has 0 unspecified atom stereocenters. The van der Waals surface area contributed by atoms with Gasteiger partial charge in [0.15, 0.2) is 0 Å². The fraction of sp³-hybridized carbons (Fsp3) is 0.174. The number of nitrogens with zero attached hydrogens (tertiary/aromatic N) is 3. The Balaban J connectivity index is 1.45. The number of benzene rings is 2. The summed E-state index contributed by atoms with van der Waals surface area (Å²) in [4.78, 5) is 24.8. The Hall–Kier alpha value is -3.46. The standard InChI is InChI=1S/C23H19F3N4OS/c1-30(11-10-20(31)29-17-9-5-8-16(12-17)23(24,25)26)21-18-13-19(15-6-3-2-4-7-15)32-22(18)28-14-27-21/h2-9,12-14H,10-11H2,1H3,(H,29,31). The Morgan fingerprint density at radius 1 is 1.06 bits per heavy atom. The molecule has 32 heavy (non-hydrogen) atoms. The lowest BCUT2D eigenvalue weighted by Crippen LogP contribution is -2.25. The number of halogens is 3. The first-order chi connectivity index (χ1) is 15.3. The highest BCUT2D eigenvalue weighted by Crippen LogP contribution is 2.36. The predicted octanol–water partition coefficient (Wildman–Crippen LogP) is 5.84. The molecule has 2 aromatic heterocycles. The first-order valence-corrected chi connectivity index (χ1v) is 10.6. The molecule has 0 spiro atoms. The third-order valence-corrected chi connectivity index (χ3v) is 5.97. The summed E-state index contributed by atoms with van der Waals surface area (Å²) < 4.78 is 38.6. The first kappa shape index (κ1) is 21.8. The minimum atomic E-state index is -4.46. The summed E-state index contributed by atoms with van der Waals surface area (Å²) in [5, 5.41) is 3.41. The van der Waals surface area contributed by atoms with Crippen LogP contribution in [0.3, 0.4) is 0 Å². The van der Waals surface area contributed by atoms with E-state index in [1.54, 1.807) is 11.3 Å². The van der Waals surface area contributed by atoms with Gasteiger partial charge in [0.2, 0.25) is 5.91 Å². The molecular weight excluding hydrogens is 437 g/mol. The molecule has 0 aliphatic carbocycles. The van der Waals surface area contributed by atoms with Crippen LogP contribution in [0.1, 0.15) is 12.0 Å². The molecule has 0 fully saturated rings. The topological polar surface area (TPSA) is 58.1 Å². The molecule has 2 heterocycles. The second-order valence-corrected chi connectivity index (χ2v) is 8.22. The number of nitrogens with one attached hydrogen (secondary N) is 1. The summed E-state index contributed by atoms with van der Waals surface area (Å²) in [5.74, 6) is 0.317. The van der Waals surface area contributed by atoms with Crippen LogP contribution in [-0.2, 0) is 11.0 Å². The maximum absolute atomic E-state index is 12.9. The molecule has 0 aliphatic rings. The van der Waals surface area contributed by atoms with Crippen molar-refractivity contribution in [3.63, 3.8) is 0 Å². The smallest absolute Gasteiger partial charge is 0.359 e. The summed E-state index contributed by atoms with van der Waals surface area (Å²) >= 11 is 1.56. The van der Waals surface area contributed by atoms with E-state index in [2.05, 4.69) is 15.3 Å². The van der Waals surface area contributed by atoms with Crippen molar-refractivity contribution in [3.8, 4) is 10.4 Å². The Morgan fingerprint density at radius 3 is 2.59 bits per heavy atom. The van der Waals surface area contributed by atoms with Gasteiger partial charge in [0, 0.05) is 30.6 Å². The third kappa shape index (κ3) is 4.88. The van der Waals surface area contributed by atoms with E-state index in [0.717, 1.165) is 32.8 Å². The van der Waals surface area contributed by atoms with E-state index < -0.39 is 11.7 Å². The number of hydrogen-bond donors (Lipinski definition) is 1. The highest BCUT2D eigenvalue weighted by Gasteiger charge is 2.30. The minimum Gasteiger partial charge on any atom is -0.359 e. The zero-order valence-corrected chi connectivity index (χ0v) is 17.9. The largest absolute Gasteiger partial charge is 0.416 e. The van der Waals surface area contributed by atoms with Crippen molar-refractivity contribution in [2.75, 3.05) is 23.8 Å². The molecule has 0 saturated carbocycles. The third-order valence-electron chi connectivity index (χ3n) is 4.88. The molecule has 0 radical (unpaired) electrons. The van der Waals surface area contributed by atoms with Crippen molar-refractivity contribution in [2.24, 2.45) is 0 Å². The van der Waals surface area contributed by atoms with Gasteiger partial charge in [-0.1, -0.05) is 36.4 Å². The van der Waals surface area contributed by atoms with Gasteiger partial charge in [0.05, 0.1) is 10.9 Å². The van der Waals surface area contributed by atoms with E-state index in [1.165, 1.54) is 18.5 Å². The lowest BCUT2D eigenvalue weighted by molar-refractivity contribution is -0.137.